The molecule has 0 saturated carbocycles. The van der Waals surface area contributed by atoms with Crippen LogP contribution in [0.4, 0.5) is 0 Å². The van der Waals surface area contributed by atoms with Gasteiger partial charge >= 0.3 is 0 Å². The molecule has 0 unspecified atom stereocenters. The maximum Gasteiger partial charge on any atom is 0.234 e. The molecule has 1 fully saturated rings. The maximum absolute atomic E-state index is 12.6. The molecule has 0 spiro atoms. The highest BCUT2D eigenvalue weighted by atomic mass is 16.3. The molecule has 0 bridgehead atoms. The molecule has 1 aromatic heterocycles. The molecule has 7 heteroatoms. The van der Waals surface area contributed by atoms with E-state index in [0.29, 0.717) is 18.8 Å². The van der Waals surface area contributed by atoms with Gasteiger partial charge in [-0.25, -0.2) is 4.98 Å². The van der Waals surface area contributed by atoms with Crippen molar-refractivity contribution in [1.29, 1.82) is 0 Å². The van der Waals surface area contributed by atoms with E-state index in [1.165, 1.54) is 6.39 Å². The summed E-state index contributed by atoms with van der Waals surface area (Å²) < 4.78 is 5.51. The van der Waals surface area contributed by atoms with Gasteiger partial charge in [0.1, 0.15) is 5.69 Å². The standard InChI is InChI=1S/C22H30N4O3/c1-22(2,3)25-19(27)14-26-11-9-17(10-12-26)21(28)23-13-18-20(29-15-24-18)16-7-5-4-6-8-16/h4-8,15,17H,9-14H2,1-3H3,(H,23,28)(H,25,27). The zero-order chi connectivity index (χ0) is 20.9. The van der Waals surface area contributed by atoms with Crippen molar-refractivity contribution in [3.63, 3.8) is 0 Å². The Kier molecular flexibility index (Phi) is 6.69. The maximum atomic E-state index is 12.6. The molecule has 7 nitrogen and oxygen atoms in total. The quantitative estimate of drug-likeness (QED) is 0.781. The first-order chi connectivity index (χ1) is 13.8. The van der Waals surface area contributed by atoms with E-state index in [1.54, 1.807) is 0 Å². The summed E-state index contributed by atoms with van der Waals surface area (Å²) in [4.78, 5) is 31.0. The SMILES string of the molecule is CC(C)(C)NC(=O)CN1CCC(C(=O)NCc2ncoc2-c2ccccc2)CC1. The second kappa shape index (κ2) is 9.22. The van der Waals surface area contributed by atoms with Crippen molar-refractivity contribution in [2.24, 2.45) is 5.92 Å². The van der Waals surface area contributed by atoms with Gasteiger partial charge in [-0.05, 0) is 46.7 Å². The Balaban J connectivity index is 1.45. The number of amides is 2. The van der Waals surface area contributed by atoms with Gasteiger partial charge in [0.25, 0.3) is 0 Å². The van der Waals surface area contributed by atoms with Crippen LogP contribution in [0, 0.1) is 5.92 Å². The largest absolute Gasteiger partial charge is 0.443 e. The molecule has 2 heterocycles. The molecule has 1 aliphatic heterocycles. The normalized spacial score (nSPS) is 15.8. The minimum absolute atomic E-state index is 0.0277. The molecule has 156 valence electrons. The molecule has 1 aliphatic rings. The summed E-state index contributed by atoms with van der Waals surface area (Å²) in [6.45, 7) is 8.13. The topological polar surface area (TPSA) is 87.5 Å². The Morgan fingerprint density at radius 1 is 1.17 bits per heavy atom. The van der Waals surface area contributed by atoms with Gasteiger partial charge in [0.15, 0.2) is 12.2 Å². The minimum atomic E-state index is -0.227. The van der Waals surface area contributed by atoms with Crippen molar-refractivity contribution in [3.05, 3.63) is 42.4 Å². The third-order valence-electron chi connectivity index (χ3n) is 4.95. The molecule has 3 rings (SSSR count). The number of hydrogen-bond donors (Lipinski definition) is 2. The van der Waals surface area contributed by atoms with Crippen LogP contribution in [0.15, 0.2) is 41.1 Å². The van der Waals surface area contributed by atoms with Gasteiger partial charge in [0.05, 0.1) is 13.1 Å². The summed E-state index contributed by atoms with van der Waals surface area (Å²) in [6, 6.07) is 9.74. The minimum Gasteiger partial charge on any atom is -0.443 e. The zero-order valence-electron chi connectivity index (χ0n) is 17.4. The van der Waals surface area contributed by atoms with Crippen molar-refractivity contribution in [2.75, 3.05) is 19.6 Å². The van der Waals surface area contributed by atoms with E-state index in [4.69, 9.17) is 4.42 Å². The van der Waals surface area contributed by atoms with Crippen LogP contribution in [-0.2, 0) is 16.1 Å². The average molecular weight is 399 g/mol. The third kappa shape index (κ3) is 6.15. The van der Waals surface area contributed by atoms with Gasteiger partial charge in [-0.15, -0.1) is 0 Å². The Bertz CT molecular complexity index is 818. The molecule has 0 aliphatic carbocycles. The van der Waals surface area contributed by atoms with E-state index in [1.807, 2.05) is 51.1 Å². The van der Waals surface area contributed by atoms with Crippen LogP contribution in [-0.4, -0.2) is 46.9 Å². The summed E-state index contributed by atoms with van der Waals surface area (Å²) in [5.74, 6) is 0.709. The first-order valence-corrected chi connectivity index (χ1v) is 10.1. The van der Waals surface area contributed by atoms with E-state index < -0.39 is 0 Å². The molecule has 2 aromatic rings. The van der Waals surface area contributed by atoms with Crippen LogP contribution in [0.2, 0.25) is 0 Å². The lowest BCUT2D eigenvalue weighted by atomic mass is 9.96. The first-order valence-electron chi connectivity index (χ1n) is 10.1. The molecule has 0 atom stereocenters. The molecular weight excluding hydrogens is 368 g/mol. The number of benzene rings is 1. The van der Waals surface area contributed by atoms with E-state index in [-0.39, 0.29) is 23.3 Å². The lowest BCUT2D eigenvalue weighted by molar-refractivity contribution is -0.127. The Hall–Kier alpha value is -2.67. The number of carbonyl (C=O) groups excluding carboxylic acids is 2. The van der Waals surface area contributed by atoms with Gasteiger partial charge in [-0.1, -0.05) is 30.3 Å². The lowest BCUT2D eigenvalue weighted by Crippen LogP contribution is -2.48. The van der Waals surface area contributed by atoms with Crippen LogP contribution in [0.1, 0.15) is 39.3 Å². The zero-order valence-corrected chi connectivity index (χ0v) is 17.4. The fourth-order valence-corrected chi connectivity index (χ4v) is 3.55. The number of carbonyl (C=O) groups is 2. The number of rotatable bonds is 6. The smallest absolute Gasteiger partial charge is 0.234 e. The molecule has 0 radical (unpaired) electrons. The Labute approximate surface area is 171 Å². The van der Waals surface area contributed by atoms with Crippen LogP contribution in [0.3, 0.4) is 0 Å². The van der Waals surface area contributed by atoms with E-state index in [9.17, 15) is 9.59 Å². The molecule has 29 heavy (non-hydrogen) atoms. The first kappa shape index (κ1) is 21.0. The molecule has 2 amide bonds. The van der Waals surface area contributed by atoms with E-state index in [2.05, 4.69) is 20.5 Å². The van der Waals surface area contributed by atoms with Gasteiger partial charge in [0.2, 0.25) is 11.8 Å². The van der Waals surface area contributed by atoms with E-state index >= 15 is 0 Å². The molecular formula is C22H30N4O3. The second-order valence-corrected chi connectivity index (χ2v) is 8.56. The fourth-order valence-electron chi connectivity index (χ4n) is 3.55. The Morgan fingerprint density at radius 2 is 1.86 bits per heavy atom. The Morgan fingerprint density at radius 3 is 2.52 bits per heavy atom. The van der Waals surface area contributed by atoms with Gasteiger partial charge in [-0.3, -0.25) is 14.5 Å². The second-order valence-electron chi connectivity index (χ2n) is 8.56. The molecule has 1 aromatic carbocycles. The van der Waals surface area contributed by atoms with Crippen molar-refractivity contribution in [1.82, 2.24) is 20.5 Å². The van der Waals surface area contributed by atoms with Crippen LogP contribution in [0.5, 0.6) is 0 Å². The lowest BCUT2D eigenvalue weighted by Gasteiger charge is -2.31. The summed E-state index contributed by atoms with van der Waals surface area (Å²) in [5, 5.41) is 5.97. The summed E-state index contributed by atoms with van der Waals surface area (Å²) in [6.07, 6.45) is 2.91. The van der Waals surface area contributed by atoms with Gasteiger partial charge < -0.3 is 15.1 Å². The number of aromatic nitrogens is 1. The predicted molar refractivity (Wildman–Crippen MR) is 111 cm³/mol. The van der Waals surface area contributed by atoms with Gasteiger partial charge in [-0.2, -0.15) is 0 Å². The summed E-state index contributed by atoms with van der Waals surface area (Å²) in [5.41, 5.74) is 1.44. The number of nitrogens with zero attached hydrogens (tertiary/aromatic N) is 2. The van der Waals surface area contributed by atoms with Crippen molar-refractivity contribution < 1.29 is 14.0 Å². The molecule has 2 N–H and O–H groups in total. The number of hydrogen-bond acceptors (Lipinski definition) is 5. The van der Waals surface area contributed by atoms with Crippen LogP contribution in [0.25, 0.3) is 11.3 Å². The third-order valence-corrected chi connectivity index (χ3v) is 4.95. The summed E-state index contributed by atoms with van der Waals surface area (Å²) >= 11 is 0. The highest BCUT2D eigenvalue weighted by Gasteiger charge is 2.27. The van der Waals surface area contributed by atoms with Gasteiger partial charge in [0, 0.05) is 17.0 Å². The van der Waals surface area contributed by atoms with Crippen molar-refractivity contribution in [2.45, 2.75) is 45.7 Å². The van der Waals surface area contributed by atoms with Crippen LogP contribution < -0.4 is 10.6 Å². The number of nitrogens with one attached hydrogen (secondary N) is 2. The fraction of sp³-hybridized carbons (Fsp3) is 0.500. The van der Waals surface area contributed by atoms with Crippen molar-refractivity contribution >= 4 is 11.8 Å². The molecule has 1 saturated heterocycles. The number of piperidine rings is 1. The average Bonchev–Trinajstić information content (AvgIpc) is 3.14. The van der Waals surface area contributed by atoms with Crippen LogP contribution >= 0.6 is 0 Å². The van der Waals surface area contributed by atoms with E-state index in [0.717, 1.165) is 37.2 Å². The summed E-state index contributed by atoms with van der Waals surface area (Å²) in [7, 11) is 0. The van der Waals surface area contributed by atoms with Crippen molar-refractivity contribution in [3.8, 4) is 11.3 Å². The monoisotopic (exact) mass is 398 g/mol. The number of oxazole rings is 1. The number of likely N-dealkylation sites (tertiary alicyclic amines) is 1. The highest BCUT2D eigenvalue weighted by Crippen LogP contribution is 2.23. The predicted octanol–water partition coefficient (Wildman–Crippen LogP) is 2.58. The highest BCUT2D eigenvalue weighted by molar-refractivity contribution is 5.80.